The third kappa shape index (κ3) is 8.31. The topological polar surface area (TPSA) is 76.7 Å². The number of carbonyl (C=O) groups is 2. The van der Waals surface area contributed by atoms with Gasteiger partial charge in [0.1, 0.15) is 5.75 Å². The van der Waals surface area contributed by atoms with Crippen molar-refractivity contribution in [2.24, 2.45) is 0 Å². The lowest BCUT2D eigenvalue weighted by Crippen LogP contribution is -2.43. The normalized spacial score (nSPS) is 10.0. The first-order valence-electron chi connectivity index (χ1n) is 6.65. The summed E-state index contributed by atoms with van der Waals surface area (Å²) in [4.78, 5) is 22.9. The highest BCUT2D eigenvalue weighted by Gasteiger charge is 2.05. The second-order valence-corrected chi connectivity index (χ2v) is 5.06. The van der Waals surface area contributed by atoms with E-state index in [2.05, 4.69) is 26.8 Å². The summed E-state index contributed by atoms with van der Waals surface area (Å²) in [5.41, 5.74) is 4.61. The zero-order valence-electron chi connectivity index (χ0n) is 11.9. The van der Waals surface area contributed by atoms with E-state index in [1.165, 1.54) is 0 Å². The zero-order valence-corrected chi connectivity index (χ0v) is 13.4. The van der Waals surface area contributed by atoms with E-state index in [4.69, 9.17) is 9.47 Å². The van der Waals surface area contributed by atoms with E-state index in [-0.39, 0.29) is 12.5 Å². The molecule has 0 aliphatic carbocycles. The number of ether oxygens (including phenoxy) is 2. The SMILES string of the molecule is CCOCCCC(=O)NNC(=O)COc1ccc(Br)cc1. The molecule has 0 spiro atoms. The van der Waals surface area contributed by atoms with Crippen LogP contribution in [0.4, 0.5) is 0 Å². The summed E-state index contributed by atoms with van der Waals surface area (Å²) in [5.74, 6) is -0.0980. The van der Waals surface area contributed by atoms with Crippen LogP contribution >= 0.6 is 15.9 Å². The summed E-state index contributed by atoms with van der Waals surface area (Å²) in [6.07, 6.45) is 0.915. The van der Waals surface area contributed by atoms with Gasteiger partial charge in [-0.2, -0.15) is 0 Å². The lowest BCUT2D eigenvalue weighted by Gasteiger charge is -2.09. The van der Waals surface area contributed by atoms with Crippen LogP contribution < -0.4 is 15.6 Å². The van der Waals surface area contributed by atoms with Crippen LogP contribution in [0, 0.1) is 0 Å². The molecule has 0 fully saturated rings. The summed E-state index contributed by atoms with van der Waals surface area (Å²) in [7, 11) is 0. The van der Waals surface area contributed by atoms with Crippen LogP contribution in [-0.4, -0.2) is 31.6 Å². The fraction of sp³-hybridized carbons (Fsp3) is 0.429. The molecule has 2 N–H and O–H groups in total. The van der Waals surface area contributed by atoms with Gasteiger partial charge in [-0.1, -0.05) is 15.9 Å². The zero-order chi connectivity index (χ0) is 15.5. The summed E-state index contributed by atoms with van der Waals surface area (Å²) in [6, 6.07) is 7.11. The molecule has 0 heterocycles. The molecular formula is C14H19BrN2O4. The number of hydrazine groups is 1. The molecule has 0 saturated heterocycles. The van der Waals surface area contributed by atoms with Gasteiger partial charge in [0.05, 0.1) is 0 Å². The van der Waals surface area contributed by atoms with Crippen LogP contribution in [-0.2, 0) is 14.3 Å². The number of carbonyl (C=O) groups excluding carboxylic acids is 2. The summed E-state index contributed by atoms with van der Waals surface area (Å²) >= 11 is 3.31. The van der Waals surface area contributed by atoms with Gasteiger partial charge in [0.25, 0.3) is 5.91 Å². The molecule has 7 heteroatoms. The second-order valence-electron chi connectivity index (χ2n) is 4.14. The Morgan fingerprint density at radius 2 is 1.81 bits per heavy atom. The highest BCUT2D eigenvalue weighted by molar-refractivity contribution is 9.10. The third-order valence-electron chi connectivity index (χ3n) is 2.42. The molecule has 116 valence electrons. The molecule has 0 bridgehead atoms. The van der Waals surface area contributed by atoms with Crippen molar-refractivity contribution in [3.8, 4) is 5.75 Å². The van der Waals surface area contributed by atoms with E-state index < -0.39 is 5.91 Å². The van der Waals surface area contributed by atoms with Gasteiger partial charge in [0.15, 0.2) is 6.61 Å². The monoisotopic (exact) mass is 358 g/mol. The summed E-state index contributed by atoms with van der Waals surface area (Å²) in [6.45, 7) is 2.89. The van der Waals surface area contributed by atoms with Gasteiger partial charge in [-0.05, 0) is 37.6 Å². The molecule has 0 saturated carbocycles. The van der Waals surface area contributed by atoms with Crippen molar-refractivity contribution in [2.75, 3.05) is 19.8 Å². The van der Waals surface area contributed by atoms with Crippen molar-refractivity contribution in [3.63, 3.8) is 0 Å². The van der Waals surface area contributed by atoms with Crippen LogP contribution in [0.15, 0.2) is 28.7 Å². The Morgan fingerprint density at radius 3 is 2.48 bits per heavy atom. The maximum atomic E-state index is 11.5. The quantitative estimate of drug-likeness (QED) is 0.548. The molecule has 1 aromatic rings. The summed E-state index contributed by atoms with van der Waals surface area (Å²) < 4.78 is 11.3. The summed E-state index contributed by atoms with van der Waals surface area (Å²) in [5, 5.41) is 0. The van der Waals surface area contributed by atoms with Gasteiger partial charge in [0.2, 0.25) is 5.91 Å². The lowest BCUT2D eigenvalue weighted by atomic mass is 10.3. The van der Waals surface area contributed by atoms with Crippen molar-refractivity contribution < 1.29 is 19.1 Å². The van der Waals surface area contributed by atoms with Crippen LogP contribution in [0.1, 0.15) is 19.8 Å². The molecule has 0 aliphatic heterocycles. The molecule has 2 amide bonds. The first-order valence-corrected chi connectivity index (χ1v) is 7.45. The number of hydrogen-bond acceptors (Lipinski definition) is 4. The molecule has 1 aromatic carbocycles. The molecule has 21 heavy (non-hydrogen) atoms. The fourth-order valence-corrected chi connectivity index (χ4v) is 1.66. The highest BCUT2D eigenvalue weighted by atomic mass is 79.9. The number of amides is 2. The molecule has 1 rings (SSSR count). The molecule has 0 aromatic heterocycles. The standard InChI is InChI=1S/C14H19BrN2O4/c1-2-20-9-3-4-13(18)16-17-14(19)10-21-12-7-5-11(15)6-8-12/h5-8H,2-4,9-10H2,1H3,(H,16,18)(H,17,19). The van der Waals surface area contributed by atoms with Gasteiger partial charge < -0.3 is 9.47 Å². The van der Waals surface area contributed by atoms with Crippen molar-refractivity contribution in [2.45, 2.75) is 19.8 Å². The van der Waals surface area contributed by atoms with E-state index in [1.807, 2.05) is 19.1 Å². The average Bonchev–Trinajstić information content (AvgIpc) is 2.49. The molecule has 0 radical (unpaired) electrons. The van der Waals surface area contributed by atoms with E-state index in [1.54, 1.807) is 12.1 Å². The molecule has 6 nitrogen and oxygen atoms in total. The van der Waals surface area contributed by atoms with Crippen LogP contribution in [0.3, 0.4) is 0 Å². The molecule has 0 atom stereocenters. The van der Waals surface area contributed by atoms with Gasteiger partial charge >= 0.3 is 0 Å². The second kappa shape index (κ2) is 10.2. The van der Waals surface area contributed by atoms with Crippen molar-refractivity contribution >= 4 is 27.7 Å². The number of hydrogen-bond donors (Lipinski definition) is 2. The number of halogens is 1. The first-order chi connectivity index (χ1) is 10.1. The van der Waals surface area contributed by atoms with Crippen molar-refractivity contribution in [1.82, 2.24) is 10.9 Å². The fourth-order valence-electron chi connectivity index (χ4n) is 1.40. The minimum Gasteiger partial charge on any atom is -0.484 e. The van der Waals surface area contributed by atoms with Gasteiger partial charge in [0, 0.05) is 24.1 Å². The Kier molecular flexibility index (Phi) is 8.45. The van der Waals surface area contributed by atoms with Crippen LogP contribution in [0.5, 0.6) is 5.75 Å². The third-order valence-corrected chi connectivity index (χ3v) is 2.95. The predicted molar refractivity (Wildman–Crippen MR) is 81.6 cm³/mol. The minimum atomic E-state index is -0.420. The van der Waals surface area contributed by atoms with Crippen LogP contribution in [0.2, 0.25) is 0 Å². The van der Waals surface area contributed by atoms with E-state index in [0.717, 1.165) is 4.47 Å². The number of nitrogens with one attached hydrogen (secondary N) is 2. The highest BCUT2D eigenvalue weighted by Crippen LogP contribution is 2.15. The molecule has 0 aliphatic rings. The smallest absolute Gasteiger partial charge is 0.276 e. The Labute approximate surface area is 132 Å². The number of benzene rings is 1. The minimum absolute atomic E-state index is 0.166. The average molecular weight is 359 g/mol. The largest absolute Gasteiger partial charge is 0.484 e. The first kappa shape index (κ1) is 17.5. The van der Waals surface area contributed by atoms with Gasteiger partial charge in [-0.3, -0.25) is 20.4 Å². The predicted octanol–water partition coefficient (Wildman–Crippen LogP) is 1.79. The Bertz CT molecular complexity index is 451. The van der Waals surface area contributed by atoms with Crippen molar-refractivity contribution in [3.05, 3.63) is 28.7 Å². The van der Waals surface area contributed by atoms with E-state index >= 15 is 0 Å². The maximum absolute atomic E-state index is 11.5. The lowest BCUT2D eigenvalue weighted by molar-refractivity contribution is -0.130. The van der Waals surface area contributed by atoms with Gasteiger partial charge in [-0.25, -0.2) is 0 Å². The Balaban J connectivity index is 2.13. The Hall–Kier alpha value is -1.60. The Morgan fingerprint density at radius 1 is 1.14 bits per heavy atom. The van der Waals surface area contributed by atoms with E-state index in [9.17, 15) is 9.59 Å². The van der Waals surface area contributed by atoms with Crippen LogP contribution in [0.25, 0.3) is 0 Å². The molecular weight excluding hydrogens is 340 g/mol. The maximum Gasteiger partial charge on any atom is 0.276 e. The number of rotatable bonds is 8. The van der Waals surface area contributed by atoms with Crippen molar-refractivity contribution in [1.29, 1.82) is 0 Å². The molecule has 0 unspecified atom stereocenters. The van der Waals surface area contributed by atoms with E-state index in [0.29, 0.717) is 31.8 Å². The van der Waals surface area contributed by atoms with Gasteiger partial charge in [-0.15, -0.1) is 0 Å².